The number of aryl methyl sites for hydroxylation is 1. The molecule has 1 amide bonds. The van der Waals surface area contributed by atoms with Crippen LogP contribution in [-0.4, -0.2) is 12.5 Å². The fraction of sp³-hybridized carbons (Fsp3) is 0.154. The van der Waals surface area contributed by atoms with Crippen LogP contribution in [0.3, 0.4) is 0 Å². The third kappa shape index (κ3) is 6.73. The van der Waals surface area contributed by atoms with Crippen LogP contribution in [0.5, 0.6) is 11.5 Å². The number of rotatable bonds is 8. The molecule has 0 saturated carbocycles. The molecule has 7 heteroatoms. The number of nitriles is 1. The molecule has 3 rings (SSSR count). The summed E-state index contributed by atoms with van der Waals surface area (Å²) in [6.07, 6.45) is 1.53. The highest BCUT2D eigenvalue weighted by Gasteiger charge is 2.15. The number of nitrogens with zero attached hydrogens (tertiary/aromatic N) is 1. The normalized spacial score (nSPS) is 10.9. The molecule has 3 aromatic rings. The summed E-state index contributed by atoms with van der Waals surface area (Å²) in [4.78, 5) is 12.7. The molecule has 33 heavy (non-hydrogen) atoms. The molecule has 0 heterocycles. The zero-order valence-corrected chi connectivity index (χ0v) is 21.1. The lowest BCUT2D eigenvalue weighted by molar-refractivity contribution is -0.112. The van der Waals surface area contributed by atoms with Gasteiger partial charge in [0.15, 0.2) is 11.5 Å². The van der Waals surface area contributed by atoms with Gasteiger partial charge in [0.2, 0.25) is 0 Å². The van der Waals surface area contributed by atoms with E-state index >= 15 is 0 Å². The number of amides is 1. The average Bonchev–Trinajstić information content (AvgIpc) is 2.80. The van der Waals surface area contributed by atoms with Crippen molar-refractivity contribution in [1.82, 2.24) is 0 Å². The number of hydrogen-bond donors (Lipinski definition) is 1. The molecule has 0 aliphatic rings. The van der Waals surface area contributed by atoms with Gasteiger partial charge in [-0.15, -0.1) is 0 Å². The Morgan fingerprint density at radius 1 is 1.15 bits per heavy atom. The molecule has 3 aromatic carbocycles. The van der Waals surface area contributed by atoms with Crippen LogP contribution in [0.4, 0.5) is 5.69 Å². The predicted octanol–water partition coefficient (Wildman–Crippen LogP) is 6.78. The number of carbonyl (C=O) groups excluding carboxylic acids is 1. The number of anilines is 1. The van der Waals surface area contributed by atoms with E-state index in [1.807, 2.05) is 56.3 Å². The van der Waals surface area contributed by atoms with Crippen LogP contribution in [0.15, 0.2) is 66.2 Å². The van der Waals surface area contributed by atoms with Gasteiger partial charge in [-0.25, -0.2) is 0 Å². The first kappa shape index (κ1) is 24.6. The number of benzene rings is 3. The van der Waals surface area contributed by atoms with Gasteiger partial charge in [0.05, 0.1) is 10.2 Å². The second-order valence-electron chi connectivity index (χ2n) is 7.12. The minimum Gasteiger partial charge on any atom is -0.490 e. The number of nitrogens with one attached hydrogen (secondary N) is 1. The Bertz CT molecular complexity index is 1220. The topological polar surface area (TPSA) is 71.3 Å². The molecule has 0 aromatic heterocycles. The fourth-order valence-corrected chi connectivity index (χ4v) is 3.99. The van der Waals surface area contributed by atoms with E-state index in [-0.39, 0.29) is 5.57 Å². The molecule has 5 nitrogen and oxygen atoms in total. The average molecular weight is 573 g/mol. The number of halogens is 2. The van der Waals surface area contributed by atoms with Gasteiger partial charge < -0.3 is 14.8 Å². The fourth-order valence-electron chi connectivity index (χ4n) is 3.04. The van der Waals surface area contributed by atoms with Crippen LogP contribution in [0.1, 0.15) is 23.6 Å². The van der Waals surface area contributed by atoms with Crippen LogP contribution in [-0.2, 0) is 11.4 Å². The van der Waals surface area contributed by atoms with E-state index in [2.05, 4.69) is 27.9 Å². The summed E-state index contributed by atoms with van der Waals surface area (Å²) < 4.78 is 12.6. The lowest BCUT2D eigenvalue weighted by atomic mass is 10.1. The minimum absolute atomic E-state index is 0.0365. The van der Waals surface area contributed by atoms with Crippen molar-refractivity contribution >= 4 is 51.9 Å². The Morgan fingerprint density at radius 2 is 1.91 bits per heavy atom. The summed E-state index contributed by atoms with van der Waals surface area (Å²) in [6, 6.07) is 20.6. The predicted molar refractivity (Wildman–Crippen MR) is 140 cm³/mol. The van der Waals surface area contributed by atoms with Crippen LogP contribution < -0.4 is 14.8 Å². The second kappa shape index (κ2) is 11.7. The standard InChI is InChI=1S/C26H22ClIN2O3/c1-3-32-24-13-19(12-22(28)25(24)33-16-18-7-5-4-6-8-18)11-20(15-29)26(31)30-23-14-21(27)10-9-17(23)2/h4-14H,3,16H2,1-2H3,(H,30,31)/b20-11+. The zero-order chi connectivity index (χ0) is 23.8. The molecule has 168 valence electrons. The Hall–Kier alpha value is -3.02. The molecule has 0 spiro atoms. The van der Waals surface area contributed by atoms with Crippen molar-refractivity contribution in [3.63, 3.8) is 0 Å². The first-order valence-electron chi connectivity index (χ1n) is 10.2. The largest absolute Gasteiger partial charge is 0.490 e. The molecule has 0 bridgehead atoms. The maximum absolute atomic E-state index is 12.7. The van der Waals surface area contributed by atoms with Gasteiger partial charge in [0.25, 0.3) is 5.91 Å². The van der Waals surface area contributed by atoms with E-state index in [9.17, 15) is 10.1 Å². The summed E-state index contributed by atoms with van der Waals surface area (Å²) in [5.74, 6) is 0.658. The van der Waals surface area contributed by atoms with Crippen molar-refractivity contribution in [2.75, 3.05) is 11.9 Å². The van der Waals surface area contributed by atoms with E-state index in [0.29, 0.717) is 41.0 Å². The number of hydrogen-bond acceptors (Lipinski definition) is 4. The first-order chi connectivity index (χ1) is 15.9. The molecule has 0 radical (unpaired) electrons. The van der Waals surface area contributed by atoms with Crippen LogP contribution in [0, 0.1) is 21.8 Å². The molecule has 1 N–H and O–H groups in total. The third-order valence-electron chi connectivity index (χ3n) is 4.68. The molecule has 0 fully saturated rings. The molecule has 0 atom stereocenters. The summed E-state index contributed by atoms with van der Waals surface area (Å²) >= 11 is 8.19. The summed E-state index contributed by atoms with van der Waals surface area (Å²) in [5.41, 5.74) is 3.07. The molecule has 0 unspecified atom stereocenters. The zero-order valence-electron chi connectivity index (χ0n) is 18.2. The monoisotopic (exact) mass is 572 g/mol. The first-order valence-corrected chi connectivity index (χ1v) is 11.7. The van der Waals surface area contributed by atoms with Gasteiger partial charge >= 0.3 is 0 Å². The van der Waals surface area contributed by atoms with E-state index in [1.54, 1.807) is 24.3 Å². The highest BCUT2D eigenvalue weighted by molar-refractivity contribution is 14.1. The Balaban J connectivity index is 1.86. The maximum atomic E-state index is 12.7. The van der Waals surface area contributed by atoms with E-state index in [1.165, 1.54) is 6.08 Å². The van der Waals surface area contributed by atoms with Crippen molar-refractivity contribution in [2.24, 2.45) is 0 Å². The maximum Gasteiger partial charge on any atom is 0.266 e. The number of ether oxygens (including phenoxy) is 2. The molecule has 0 saturated heterocycles. The van der Waals surface area contributed by atoms with E-state index in [0.717, 1.165) is 14.7 Å². The molecule has 0 aliphatic carbocycles. The van der Waals surface area contributed by atoms with Gasteiger partial charge in [0, 0.05) is 10.7 Å². The van der Waals surface area contributed by atoms with Gasteiger partial charge in [-0.2, -0.15) is 5.26 Å². The van der Waals surface area contributed by atoms with Crippen molar-refractivity contribution in [1.29, 1.82) is 5.26 Å². The van der Waals surface area contributed by atoms with Crippen molar-refractivity contribution in [3.8, 4) is 17.6 Å². The highest BCUT2D eigenvalue weighted by Crippen LogP contribution is 2.35. The highest BCUT2D eigenvalue weighted by atomic mass is 127. The smallest absolute Gasteiger partial charge is 0.266 e. The lowest BCUT2D eigenvalue weighted by Gasteiger charge is -2.15. The van der Waals surface area contributed by atoms with Gasteiger partial charge in [0.1, 0.15) is 18.2 Å². The Kier molecular flexibility index (Phi) is 8.75. The van der Waals surface area contributed by atoms with Crippen molar-refractivity contribution in [2.45, 2.75) is 20.5 Å². The van der Waals surface area contributed by atoms with Crippen LogP contribution in [0.25, 0.3) is 6.08 Å². The summed E-state index contributed by atoms with van der Waals surface area (Å²) in [7, 11) is 0. The second-order valence-corrected chi connectivity index (χ2v) is 8.72. The van der Waals surface area contributed by atoms with Gasteiger partial charge in [-0.05, 0) is 83.5 Å². The van der Waals surface area contributed by atoms with Gasteiger partial charge in [-0.1, -0.05) is 48.0 Å². The molecule has 0 aliphatic heterocycles. The summed E-state index contributed by atoms with van der Waals surface area (Å²) in [6.45, 7) is 4.59. The Morgan fingerprint density at radius 3 is 2.61 bits per heavy atom. The SMILES string of the molecule is CCOc1cc(/C=C(\C#N)C(=O)Nc2cc(Cl)ccc2C)cc(I)c1OCc1ccccc1. The van der Waals surface area contributed by atoms with Crippen molar-refractivity contribution in [3.05, 3.63) is 91.5 Å². The van der Waals surface area contributed by atoms with E-state index < -0.39 is 5.91 Å². The third-order valence-corrected chi connectivity index (χ3v) is 5.72. The lowest BCUT2D eigenvalue weighted by Crippen LogP contribution is -2.14. The Labute approximate surface area is 212 Å². The van der Waals surface area contributed by atoms with Crippen LogP contribution >= 0.6 is 34.2 Å². The quantitative estimate of drug-likeness (QED) is 0.184. The molecular formula is C26H22ClIN2O3. The van der Waals surface area contributed by atoms with Gasteiger partial charge in [-0.3, -0.25) is 4.79 Å². The summed E-state index contributed by atoms with van der Waals surface area (Å²) in [5, 5.41) is 12.9. The van der Waals surface area contributed by atoms with E-state index in [4.69, 9.17) is 21.1 Å². The van der Waals surface area contributed by atoms with Crippen molar-refractivity contribution < 1.29 is 14.3 Å². The minimum atomic E-state index is -0.514. The number of carbonyl (C=O) groups is 1. The molecular weight excluding hydrogens is 551 g/mol. The van der Waals surface area contributed by atoms with Crippen LogP contribution in [0.2, 0.25) is 5.02 Å².